The molecule has 1 unspecified atom stereocenters. The largest absolute Gasteiger partial charge is 0.364 e. The molecule has 1 heterocycles. The van der Waals surface area contributed by atoms with E-state index in [4.69, 9.17) is 6.42 Å². The van der Waals surface area contributed by atoms with Crippen molar-refractivity contribution in [1.82, 2.24) is 9.97 Å². The van der Waals surface area contributed by atoms with Crippen LogP contribution in [0.1, 0.15) is 26.0 Å². The molecule has 0 saturated heterocycles. The van der Waals surface area contributed by atoms with E-state index in [-0.39, 0.29) is 17.7 Å². The summed E-state index contributed by atoms with van der Waals surface area (Å²) in [5.74, 6) is 2.35. The van der Waals surface area contributed by atoms with Crippen molar-refractivity contribution in [3.63, 3.8) is 0 Å². The van der Waals surface area contributed by atoms with Crippen LogP contribution in [0.3, 0.4) is 0 Å². The van der Waals surface area contributed by atoms with Gasteiger partial charge in [0.25, 0.3) is 0 Å². The van der Waals surface area contributed by atoms with Crippen molar-refractivity contribution >= 4 is 5.82 Å². The third-order valence-electron chi connectivity index (χ3n) is 2.00. The lowest BCUT2D eigenvalue weighted by molar-refractivity contribution is 0.593. The summed E-state index contributed by atoms with van der Waals surface area (Å²) in [7, 11) is 0. The molecule has 1 aromatic heterocycles. The molecule has 3 nitrogen and oxygen atoms in total. The molecule has 0 aliphatic rings. The number of terminal acetylenes is 1. The third kappa shape index (κ3) is 2.91. The molecule has 0 fully saturated rings. The Morgan fingerprint density at radius 1 is 1.60 bits per heavy atom. The van der Waals surface area contributed by atoms with Crippen LogP contribution in [0.25, 0.3) is 0 Å². The number of nitrogens with zero attached hydrogens (tertiary/aromatic N) is 2. The third-order valence-corrected chi connectivity index (χ3v) is 2.00. The SMILES string of the molecule is C#CCC(C)Nc1ncnc(CC)c1F. The fraction of sp³-hybridized carbons (Fsp3) is 0.455. The van der Waals surface area contributed by atoms with Gasteiger partial charge in [0.2, 0.25) is 0 Å². The van der Waals surface area contributed by atoms with E-state index in [9.17, 15) is 4.39 Å². The summed E-state index contributed by atoms with van der Waals surface area (Å²) in [4.78, 5) is 7.69. The number of anilines is 1. The van der Waals surface area contributed by atoms with Crippen LogP contribution in [-0.2, 0) is 6.42 Å². The molecule has 80 valence electrons. The van der Waals surface area contributed by atoms with E-state index in [2.05, 4.69) is 21.2 Å². The zero-order valence-corrected chi connectivity index (χ0v) is 8.92. The van der Waals surface area contributed by atoms with E-state index in [0.29, 0.717) is 18.5 Å². The van der Waals surface area contributed by atoms with E-state index >= 15 is 0 Å². The summed E-state index contributed by atoms with van der Waals surface area (Å²) in [6, 6.07) is 0.00380. The molecule has 0 amide bonds. The van der Waals surface area contributed by atoms with Crippen molar-refractivity contribution in [2.75, 3.05) is 5.32 Å². The van der Waals surface area contributed by atoms with Crippen LogP contribution in [0.4, 0.5) is 10.2 Å². The lowest BCUT2D eigenvalue weighted by Crippen LogP contribution is -2.17. The standard InChI is InChI=1S/C11H14FN3/c1-4-6-8(3)15-11-10(12)9(5-2)13-7-14-11/h1,7-8H,5-6H2,2-3H3,(H,13,14,15). The van der Waals surface area contributed by atoms with Crippen LogP contribution in [0.5, 0.6) is 0 Å². The summed E-state index contributed by atoms with van der Waals surface area (Å²) in [6.07, 6.45) is 7.60. The number of rotatable bonds is 4. The number of hydrogen-bond acceptors (Lipinski definition) is 3. The van der Waals surface area contributed by atoms with Gasteiger partial charge >= 0.3 is 0 Å². The van der Waals surface area contributed by atoms with Crippen molar-refractivity contribution in [2.45, 2.75) is 32.7 Å². The highest BCUT2D eigenvalue weighted by Crippen LogP contribution is 2.14. The van der Waals surface area contributed by atoms with Gasteiger partial charge in [-0.2, -0.15) is 0 Å². The predicted molar refractivity (Wildman–Crippen MR) is 57.9 cm³/mol. The second-order valence-electron chi connectivity index (χ2n) is 3.29. The van der Waals surface area contributed by atoms with E-state index < -0.39 is 0 Å². The maximum atomic E-state index is 13.6. The molecule has 0 bridgehead atoms. The maximum Gasteiger partial charge on any atom is 0.186 e. The van der Waals surface area contributed by atoms with Crippen molar-refractivity contribution in [2.24, 2.45) is 0 Å². The highest BCUT2D eigenvalue weighted by atomic mass is 19.1. The first kappa shape index (κ1) is 11.4. The molecule has 0 radical (unpaired) electrons. The van der Waals surface area contributed by atoms with Crippen LogP contribution >= 0.6 is 0 Å². The lowest BCUT2D eigenvalue weighted by atomic mass is 10.2. The van der Waals surface area contributed by atoms with Crippen LogP contribution in [0.2, 0.25) is 0 Å². The van der Waals surface area contributed by atoms with E-state index in [1.807, 2.05) is 13.8 Å². The summed E-state index contributed by atoms with van der Waals surface area (Å²) >= 11 is 0. The molecule has 4 heteroatoms. The Bertz CT molecular complexity index is 371. The van der Waals surface area contributed by atoms with Crippen LogP contribution < -0.4 is 5.32 Å². The quantitative estimate of drug-likeness (QED) is 0.767. The Hall–Kier alpha value is -1.63. The summed E-state index contributed by atoms with van der Waals surface area (Å²) in [5, 5.41) is 2.92. The lowest BCUT2D eigenvalue weighted by Gasteiger charge is -2.12. The van der Waals surface area contributed by atoms with Crippen molar-refractivity contribution in [3.05, 3.63) is 17.8 Å². The van der Waals surface area contributed by atoms with Gasteiger partial charge in [0.15, 0.2) is 11.6 Å². The molecule has 0 aromatic carbocycles. The minimum atomic E-state index is -0.385. The summed E-state index contributed by atoms with van der Waals surface area (Å²) in [5.41, 5.74) is 0.417. The van der Waals surface area contributed by atoms with Gasteiger partial charge in [0, 0.05) is 12.5 Å². The Morgan fingerprint density at radius 3 is 2.93 bits per heavy atom. The molecule has 1 N–H and O–H groups in total. The number of hydrogen-bond donors (Lipinski definition) is 1. The normalized spacial score (nSPS) is 11.9. The minimum absolute atomic E-state index is 0.00380. The summed E-state index contributed by atoms with van der Waals surface area (Å²) in [6.45, 7) is 3.73. The second kappa shape index (κ2) is 5.30. The molecular weight excluding hydrogens is 193 g/mol. The van der Waals surface area contributed by atoms with Gasteiger partial charge < -0.3 is 5.32 Å². The van der Waals surface area contributed by atoms with Gasteiger partial charge in [-0.25, -0.2) is 14.4 Å². The molecule has 0 saturated carbocycles. The molecular formula is C11H14FN3. The molecule has 1 atom stereocenters. The van der Waals surface area contributed by atoms with Crippen molar-refractivity contribution in [3.8, 4) is 12.3 Å². The highest BCUT2D eigenvalue weighted by molar-refractivity contribution is 5.38. The monoisotopic (exact) mass is 207 g/mol. The molecule has 1 rings (SSSR count). The maximum absolute atomic E-state index is 13.6. The predicted octanol–water partition coefficient (Wildman–Crippen LogP) is 2.00. The number of nitrogens with one attached hydrogen (secondary N) is 1. The first-order valence-electron chi connectivity index (χ1n) is 4.88. The van der Waals surface area contributed by atoms with Gasteiger partial charge in [0.05, 0.1) is 5.69 Å². The van der Waals surface area contributed by atoms with Crippen LogP contribution in [-0.4, -0.2) is 16.0 Å². The number of halogens is 1. The zero-order valence-electron chi connectivity index (χ0n) is 8.92. The van der Waals surface area contributed by atoms with Gasteiger partial charge in [-0.05, 0) is 13.3 Å². The minimum Gasteiger partial charge on any atom is -0.364 e. The first-order chi connectivity index (χ1) is 7.19. The van der Waals surface area contributed by atoms with Crippen molar-refractivity contribution < 1.29 is 4.39 Å². The summed E-state index contributed by atoms with van der Waals surface area (Å²) < 4.78 is 13.6. The molecule has 1 aromatic rings. The smallest absolute Gasteiger partial charge is 0.186 e. The Balaban J connectivity index is 2.82. The van der Waals surface area contributed by atoms with E-state index in [1.54, 1.807) is 0 Å². The van der Waals surface area contributed by atoms with Gasteiger partial charge in [-0.15, -0.1) is 12.3 Å². The first-order valence-corrected chi connectivity index (χ1v) is 4.88. The molecule has 0 aliphatic heterocycles. The molecule has 0 aliphatic carbocycles. The zero-order chi connectivity index (χ0) is 11.3. The van der Waals surface area contributed by atoms with E-state index in [0.717, 1.165) is 0 Å². The van der Waals surface area contributed by atoms with Crippen LogP contribution in [0.15, 0.2) is 6.33 Å². The second-order valence-corrected chi connectivity index (χ2v) is 3.29. The Labute approximate surface area is 89.1 Å². The van der Waals surface area contributed by atoms with Gasteiger partial charge in [0.1, 0.15) is 6.33 Å². The van der Waals surface area contributed by atoms with Crippen molar-refractivity contribution in [1.29, 1.82) is 0 Å². The fourth-order valence-corrected chi connectivity index (χ4v) is 1.21. The van der Waals surface area contributed by atoms with Gasteiger partial charge in [-0.3, -0.25) is 0 Å². The average Bonchev–Trinajstić information content (AvgIpc) is 2.21. The molecule has 15 heavy (non-hydrogen) atoms. The van der Waals surface area contributed by atoms with E-state index in [1.165, 1.54) is 6.33 Å². The van der Waals surface area contributed by atoms with Crippen LogP contribution in [0, 0.1) is 18.2 Å². The molecule has 0 spiro atoms. The highest BCUT2D eigenvalue weighted by Gasteiger charge is 2.11. The topological polar surface area (TPSA) is 37.8 Å². The Kier molecular flexibility index (Phi) is 4.04. The fourth-order valence-electron chi connectivity index (χ4n) is 1.21. The van der Waals surface area contributed by atoms with Gasteiger partial charge in [-0.1, -0.05) is 6.92 Å². The average molecular weight is 207 g/mol. The number of aryl methyl sites for hydroxylation is 1. The Morgan fingerprint density at radius 2 is 2.33 bits per heavy atom. The number of aromatic nitrogens is 2.